The van der Waals surface area contributed by atoms with E-state index in [0.717, 1.165) is 0 Å². The van der Waals surface area contributed by atoms with Gasteiger partial charge in [0, 0.05) is 18.2 Å². The van der Waals surface area contributed by atoms with Crippen molar-refractivity contribution < 1.29 is 13.3 Å². The normalized spacial score (nSPS) is 11.5. The van der Waals surface area contributed by atoms with Gasteiger partial charge in [-0.05, 0) is 19.4 Å². The van der Waals surface area contributed by atoms with E-state index < -0.39 is 14.9 Å². The molecule has 0 atom stereocenters. The molecule has 0 bridgehead atoms. The van der Waals surface area contributed by atoms with Crippen LogP contribution in [0.15, 0.2) is 29.3 Å². The van der Waals surface area contributed by atoms with Crippen LogP contribution in [0.1, 0.15) is 16.8 Å². The average Bonchev–Trinajstić information content (AvgIpc) is 2.84. The van der Waals surface area contributed by atoms with Crippen molar-refractivity contribution in [2.75, 3.05) is 0 Å². The summed E-state index contributed by atoms with van der Waals surface area (Å²) in [4.78, 5) is 10.4. The second kappa shape index (κ2) is 5.62. The van der Waals surface area contributed by atoms with Crippen molar-refractivity contribution in [2.45, 2.75) is 25.3 Å². The van der Waals surface area contributed by atoms with Crippen molar-refractivity contribution in [2.24, 2.45) is 0 Å². The van der Waals surface area contributed by atoms with Gasteiger partial charge in [-0.25, -0.2) is 13.1 Å². The number of nitro groups is 1. The molecule has 2 rings (SSSR count). The Morgan fingerprint density at radius 3 is 2.67 bits per heavy atom. The summed E-state index contributed by atoms with van der Waals surface area (Å²) in [5.41, 5.74) is 1.38. The fraction of sp³-hybridized carbons (Fsp3) is 0.250. The maximum atomic E-state index is 12.1. The molecule has 8 nitrogen and oxygen atoms in total. The molecule has 0 radical (unpaired) electrons. The molecular formula is C12H14N4O4S. The number of rotatable bonds is 5. The van der Waals surface area contributed by atoms with Crippen LogP contribution in [-0.4, -0.2) is 23.5 Å². The highest BCUT2D eigenvalue weighted by atomic mass is 32.2. The minimum atomic E-state index is -3.71. The summed E-state index contributed by atoms with van der Waals surface area (Å²) in [5.74, 6) is 0. The van der Waals surface area contributed by atoms with Gasteiger partial charge in [-0.3, -0.25) is 15.2 Å². The van der Waals surface area contributed by atoms with Crippen LogP contribution >= 0.6 is 0 Å². The topological polar surface area (TPSA) is 118 Å². The predicted octanol–water partition coefficient (Wildman–Crippen LogP) is 1.41. The van der Waals surface area contributed by atoms with Gasteiger partial charge in [0.2, 0.25) is 10.0 Å². The third-order valence-corrected chi connectivity index (χ3v) is 4.65. The van der Waals surface area contributed by atoms with E-state index >= 15 is 0 Å². The lowest BCUT2D eigenvalue weighted by Crippen LogP contribution is -2.24. The van der Waals surface area contributed by atoms with E-state index in [1.807, 2.05) is 0 Å². The molecule has 2 aromatic rings. The quantitative estimate of drug-likeness (QED) is 0.639. The van der Waals surface area contributed by atoms with Crippen LogP contribution in [0.5, 0.6) is 0 Å². The lowest BCUT2D eigenvalue weighted by atomic mass is 10.1. The van der Waals surface area contributed by atoms with E-state index in [-0.39, 0.29) is 17.1 Å². The largest absolute Gasteiger partial charge is 0.281 e. The van der Waals surface area contributed by atoms with Crippen LogP contribution in [0.2, 0.25) is 0 Å². The summed E-state index contributed by atoms with van der Waals surface area (Å²) in [6, 6.07) is 4.55. The Hall–Kier alpha value is -2.26. The highest BCUT2D eigenvalue weighted by Crippen LogP contribution is 2.21. The first-order valence-electron chi connectivity index (χ1n) is 6.05. The average molecular weight is 310 g/mol. The molecule has 21 heavy (non-hydrogen) atoms. The molecule has 1 heterocycles. The number of aryl methyl sites for hydroxylation is 1. The second-order valence-corrected chi connectivity index (χ2v) is 6.24. The van der Waals surface area contributed by atoms with Crippen molar-refractivity contribution in [3.8, 4) is 0 Å². The fourth-order valence-electron chi connectivity index (χ4n) is 1.92. The molecule has 0 fully saturated rings. The third kappa shape index (κ3) is 3.09. The number of nitrogens with zero attached hydrogens (tertiary/aromatic N) is 2. The Morgan fingerprint density at radius 2 is 2.10 bits per heavy atom. The number of H-pyrrole nitrogens is 1. The number of aromatic amines is 1. The number of aromatic nitrogens is 2. The van der Waals surface area contributed by atoms with E-state index in [2.05, 4.69) is 14.9 Å². The van der Waals surface area contributed by atoms with Crippen LogP contribution in [0.4, 0.5) is 5.69 Å². The van der Waals surface area contributed by atoms with E-state index in [1.165, 1.54) is 18.3 Å². The summed E-state index contributed by atoms with van der Waals surface area (Å²) in [5, 5.41) is 17.1. The minimum absolute atomic E-state index is 0.0273. The molecule has 0 amide bonds. The molecule has 0 spiro atoms. The molecule has 2 N–H and O–H groups in total. The number of hydrogen-bond acceptors (Lipinski definition) is 5. The molecule has 9 heteroatoms. The first-order chi connectivity index (χ1) is 9.83. The highest BCUT2D eigenvalue weighted by molar-refractivity contribution is 7.89. The van der Waals surface area contributed by atoms with Gasteiger partial charge in [0.15, 0.2) is 0 Å². The molecule has 0 saturated carbocycles. The predicted molar refractivity (Wildman–Crippen MR) is 75.2 cm³/mol. The van der Waals surface area contributed by atoms with Gasteiger partial charge in [-0.1, -0.05) is 12.1 Å². The van der Waals surface area contributed by atoms with Crippen molar-refractivity contribution >= 4 is 15.7 Å². The van der Waals surface area contributed by atoms with E-state index in [1.54, 1.807) is 19.9 Å². The van der Waals surface area contributed by atoms with Crippen LogP contribution in [-0.2, 0) is 16.6 Å². The first kappa shape index (κ1) is 15.1. The zero-order valence-corrected chi connectivity index (χ0v) is 12.3. The lowest BCUT2D eigenvalue weighted by molar-refractivity contribution is -0.385. The van der Waals surface area contributed by atoms with Gasteiger partial charge in [-0.15, -0.1) is 0 Å². The molecule has 0 saturated heterocycles. The Kier molecular flexibility index (Phi) is 4.05. The molecule has 1 aromatic carbocycles. The maximum absolute atomic E-state index is 12.1. The number of nitrogens with one attached hydrogen (secondary N) is 2. The van der Waals surface area contributed by atoms with Crippen LogP contribution < -0.4 is 4.72 Å². The molecule has 112 valence electrons. The number of sulfonamides is 1. The number of hydrogen-bond donors (Lipinski definition) is 2. The Morgan fingerprint density at radius 1 is 1.38 bits per heavy atom. The van der Waals surface area contributed by atoms with Gasteiger partial charge in [-0.2, -0.15) is 5.10 Å². The molecular weight excluding hydrogens is 296 g/mol. The number of nitro benzene ring substituents is 1. The zero-order chi connectivity index (χ0) is 15.6. The molecule has 0 unspecified atom stereocenters. The molecule has 0 aliphatic heterocycles. The van der Waals surface area contributed by atoms with Crippen LogP contribution in [0.3, 0.4) is 0 Å². The summed E-state index contributed by atoms with van der Waals surface area (Å²) >= 11 is 0. The van der Waals surface area contributed by atoms with Gasteiger partial charge < -0.3 is 0 Å². The summed E-state index contributed by atoms with van der Waals surface area (Å²) in [7, 11) is -3.71. The van der Waals surface area contributed by atoms with Gasteiger partial charge in [0.25, 0.3) is 5.69 Å². The van der Waals surface area contributed by atoms with Crippen LogP contribution in [0, 0.1) is 24.0 Å². The van der Waals surface area contributed by atoms with Gasteiger partial charge in [0.1, 0.15) is 4.90 Å². The molecule has 1 aromatic heterocycles. The second-order valence-electron chi connectivity index (χ2n) is 4.50. The van der Waals surface area contributed by atoms with Crippen molar-refractivity contribution in [1.82, 2.24) is 14.9 Å². The van der Waals surface area contributed by atoms with E-state index in [4.69, 9.17) is 0 Å². The number of benzene rings is 1. The Bertz CT molecular complexity index is 782. The zero-order valence-electron chi connectivity index (χ0n) is 11.5. The SMILES string of the molecule is Cc1[nH]ncc1S(=O)(=O)NCc1cccc([N+](=O)[O-])c1C. The van der Waals surface area contributed by atoms with Crippen molar-refractivity contribution in [3.05, 3.63) is 51.3 Å². The maximum Gasteiger partial charge on any atom is 0.272 e. The smallest absolute Gasteiger partial charge is 0.272 e. The lowest BCUT2D eigenvalue weighted by Gasteiger charge is -2.08. The van der Waals surface area contributed by atoms with E-state index in [9.17, 15) is 18.5 Å². The van der Waals surface area contributed by atoms with Crippen molar-refractivity contribution in [3.63, 3.8) is 0 Å². The Labute approximate surface area is 121 Å². The summed E-state index contributed by atoms with van der Waals surface area (Å²) in [6.07, 6.45) is 1.22. The standard InChI is InChI=1S/C12H14N4O4S/c1-8-10(4-3-5-11(8)16(17)18)6-14-21(19,20)12-7-13-15-9(12)2/h3-5,7,14H,6H2,1-2H3,(H,13,15). The fourth-order valence-corrected chi connectivity index (χ4v) is 3.06. The van der Waals surface area contributed by atoms with E-state index in [0.29, 0.717) is 16.8 Å². The van der Waals surface area contributed by atoms with Crippen molar-refractivity contribution in [1.29, 1.82) is 0 Å². The van der Waals surface area contributed by atoms with Crippen LogP contribution in [0.25, 0.3) is 0 Å². The van der Waals surface area contributed by atoms with Gasteiger partial charge >= 0.3 is 0 Å². The summed E-state index contributed by atoms with van der Waals surface area (Å²) in [6.45, 7) is 3.16. The van der Waals surface area contributed by atoms with Gasteiger partial charge in [0.05, 0.1) is 16.8 Å². The highest BCUT2D eigenvalue weighted by Gasteiger charge is 2.20. The minimum Gasteiger partial charge on any atom is -0.281 e. The monoisotopic (exact) mass is 310 g/mol. The third-order valence-electron chi connectivity index (χ3n) is 3.14. The molecule has 0 aliphatic carbocycles. The molecule has 0 aliphatic rings. The Balaban J connectivity index is 2.23. The first-order valence-corrected chi connectivity index (χ1v) is 7.54. The summed E-state index contributed by atoms with van der Waals surface area (Å²) < 4.78 is 26.6.